The van der Waals surface area contributed by atoms with Crippen molar-refractivity contribution in [2.75, 3.05) is 0 Å². The van der Waals surface area contributed by atoms with Crippen LogP contribution in [0.15, 0.2) is 65.4 Å². The summed E-state index contributed by atoms with van der Waals surface area (Å²) in [6.45, 7) is 0.761. The zero-order chi connectivity index (χ0) is 15.5. The molecule has 6 nitrogen and oxygen atoms in total. The third kappa shape index (κ3) is 2.91. The summed E-state index contributed by atoms with van der Waals surface area (Å²) in [5, 5.41) is 3.95. The number of rotatable bonds is 5. The maximum atomic E-state index is 5.61. The van der Waals surface area contributed by atoms with E-state index in [1.807, 2.05) is 59.2 Å². The second-order valence-corrected chi connectivity index (χ2v) is 5.07. The highest BCUT2D eigenvalue weighted by Crippen LogP contribution is 2.14. The first-order valence-electron chi connectivity index (χ1n) is 7.28. The summed E-state index contributed by atoms with van der Waals surface area (Å²) in [4.78, 5) is 8.70. The monoisotopic (exact) mass is 306 g/mol. The maximum Gasteiger partial charge on any atom is 0.246 e. The Balaban J connectivity index is 1.46. The van der Waals surface area contributed by atoms with Crippen LogP contribution in [0.3, 0.4) is 0 Å². The van der Waals surface area contributed by atoms with Crippen LogP contribution in [0.25, 0.3) is 11.0 Å². The average Bonchev–Trinajstić information content (AvgIpc) is 3.22. The molecule has 2 heterocycles. The zero-order valence-electron chi connectivity index (χ0n) is 12.3. The molecule has 0 aliphatic rings. The van der Waals surface area contributed by atoms with Crippen molar-refractivity contribution < 1.29 is 9.26 Å². The Labute approximate surface area is 132 Å². The van der Waals surface area contributed by atoms with Gasteiger partial charge in [0.15, 0.2) is 6.61 Å². The van der Waals surface area contributed by atoms with Crippen LogP contribution < -0.4 is 4.74 Å². The lowest BCUT2D eigenvalue weighted by Gasteiger charge is -2.01. The molecule has 2 aromatic carbocycles. The molecular formula is C17H14N4O2. The van der Waals surface area contributed by atoms with Crippen LogP contribution in [-0.4, -0.2) is 19.7 Å². The molecule has 0 atom stereocenters. The van der Waals surface area contributed by atoms with E-state index in [-0.39, 0.29) is 6.61 Å². The molecule has 0 saturated heterocycles. The van der Waals surface area contributed by atoms with Crippen LogP contribution >= 0.6 is 0 Å². The molecule has 0 aliphatic carbocycles. The molecule has 23 heavy (non-hydrogen) atoms. The van der Waals surface area contributed by atoms with Gasteiger partial charge in [-0.05, 0) is 24.3 Å². The topological polar surface area (TPSA) is 66.0 Å². The van der Waals surface area contributed by atoms with Gasteiger partial charge in [-0.2, -0.15) is 4.98 Å². The minimum atomic E-state index is 0.276. The van der Waals surface area contributed by atoms with E-state index in [0.717, 1.165) is 16.8 Å². The SMILES string of the molecule is c1ccc(OCc2noc(Cn3cnc4ccccc43)n2)cc1. The fraction of sp³-hybridized carbons (Fsp3) is 0.118. The van der Waals surface area contributed by atoms with E-state index in [4.69, 9.17) is 9.26 Å². The standard InChI is InChI=1S/C17H14N4O2/c1-2-6-13(7-3-1)22-11-16-19-17(23-20-16)10-21-12-18-14-8-4-5-9-15(14)21/h1-9,12H,10-11H2. The van der Waals surface area contributed by atoms with Gasteiger partial charge in [0, 0.05) is 0 Å². The van der Waals surface area contributed by atoms with Crippen molar-refractivity contribution in [3.8, 4) is 5.75 Å². The smallest absolute Gasteiger partial charge is 0.246 e. The van der Waals surface area contributed by atoms with Crippen molar-refractivity contribution in [2.45, 2.75) is 13.2 Å². The number of hydrogen-bond acceptors (Lipinski definition) is 5. The van der Waals surface area contributed by atoms with E-state index in [1.165, 1.54) is 0 Å². The summed E-state index contributed by atoms with van der Waals surface area (Å²) < 4.78 is 12.9. The van der Waals surface area contributed by atoms with Crippen LogP contribution in [0.4, 0.5) is 0 Å². The van der Waals surface area contributed by atoms with Gasteiger partial charge in [-0.15, -0.1) is 0 Å². The van der Waals surface area contributed by atoms with Gasteiger partial charge in [-0.3, -0.25) is 0 Å². The summed E-state index contributed by atoms with van der Waals surface area (Å²) in [6, 6.07) is 17.5. The quantitative estimate of drug-likeness (QED) is 0.567. The highest BCUT2D eigenvalue weighted by atomic mass is 16.5. The van der Waals surface area contributed by atoms with E-state index in [0.29, 0.717) is 18.3 Å². The molecule has 4 rings (SSSR count). The number of imidazole rings is 1. The Kier molecular flexibility index (Phi) is 3.48. The van der Waals surface area contributed by atoms with Crippen LogP contribution in [0, 0.1) is 0 Å². The first kappa shape index (κ1) is 13.5. The van der Waals surface area contributed by atoms with Crippen molar-refractivity contribution in [3.05, 3.63) is 72.6 Å². The number of fused-ring (bicyclic) bond motifs is 1. The number of ether oxygens (including phenoxy) is 1. The van der Waals surface area contributed by atoms with E-state index in [1.54, 1.807) is 6.33 Å². The van der Waals surface area contributed by atoms with Crippen LogP contribution in [-0.2, 0) is 13.2 Å². The lowest BCUT2D eigenvalue weighted by atomic mass is 10.3. The molecule has 0 N–H and O–H groups in total. The lowest BCUT2D eigenvalue weighted by Crippen LogP contribution is -2.00. The normalized spacial score (nSPS) is 11.0. The summed E-state index contributed by atoms with van der Waals surface area (Å²) in [5.74, 6) is 1.83. The Morgan fingerprint density at radius 1 is 1.00 bits per heavy atom. The molecule has 4 aromatic rings. The van der Waals surface area contributed by atoms with Gasteiger partial charge < -0.3 is 13.8 Å². The number of aromatic nitrogens is 4. The largest absolute Gasteiger partial charge is 0.485 e. The number of benzene rings is 2. The van der Waals surface area contributed by atoms with Gasteiger partial charge in [0.1, 0.15) is 12.3 Å². The van der Waals surface area contributed by atoms with Gasteiger partial charge in [0.05, 0.1) is 17.4 Å². The van der Waals surface area contributed by atoms with Gasteiger partial charge in [0.25, 0.3) is 0 Å². The molecule has 6 heteroatoms. The summed E-state index contributed by atoms with van der Waals surface area (Å²) in [5.41, 5.74) is 1.98. The number of hydrogen-bond donors (Lipinski definition) is 0. The van der Waals surface area contributed by atoms with Gasteiger partial charge in [-0.25, -0.2) is 4.98 Å². The molecule has 0 radical (unpaired) electrons. The molecular weight excluding hydrogens is 292 g/mol. The first-order chi connectivity index (χ1) is 11.4. The molecule has 2 aromatic heterocycles. The predicted octanol–water partition coefficient (Wildman–Crippen LogP) is 3.05. The highest BCUT2D eigenvalue weighted by Gasteiger charge is 2.09. The fourth-order valence-electron chi connectivity index (χ4n) is 2.36. The summed E-state index contributed by atoms with van der Waals surface area (Å²) in [7, 11) is 0. The van der Waals surface area contributed by atoms with Crippen LogP contribution in [0.5, 0.6) is 5.75 Å². The molecule has 0 saturated carbocycles. The van der Waals surface area contributed by atoms with Crippen molar-refractivity contribution >= 4 is 11.0 Å². The molecule has 0 fully saturated rings. The Hall–Kier alpha value is -3.15. The minimum Gasteiger partial charge on any atom is -0.485 e. The molecule has 0 spiro atoms. The van der Waals surface area contributed by atoms with Crippen molar-refractivity contribution in [1.29, 1.82) is 0 Å². The van der Waals surface area contributed by atoms with Gasteiger partial charge in [-0.1, -0.05) is 35.5 Å². The lowest BCUT2D eigenvalue weighted by molar-refractivity contribution is 0.285. The van der Waals surface area contributed by atoms with Crippen molar-refractivity contribution in [2.24, 2.45) is 0 Å². The van der Waals surface area contributed by atoms with E-state index in [9.17, 15) is 0 Å². The Bertz CT molecular complexity index is 914. The second-order valence-electron chi connectivity index (χ2n) is 5.07. The molecule has 0 aliphatic heterocycles. The zero-order valence-corrected chi connectivity index (χ0v) is 12.3. The summed E-state index contributed by atoms with van der Waals surface area (Å²) in [6.07, 6.45) is 1.77. The third-order valence-corrected chi connectivity index (χ3v) is 3.45. The fourth-order valence-corrected chi connectivity index (χ4v) is 2.36. The molecule has 0 bridgehead atoms. The first-order valence-corrected chi connectivity index (χ1v) is 7.28. The van der Waals surface area contributed by atoms with Crippen molar-refractivity contribution in [1.82, 2.24) is 19.7 Å². The third-order valence-electron chi connectivity index (χ3n) is 3.45. The number of para-hydroxylation sites is 3. The van der Waals surface area contributed by atoms with Gasteiger partial charge in [0.2, 0.25) is 11.7 Å². The minimum absolute atomic E-state index is 0.276. The Morgan fingerprint density at radius 3 is 2.74 bits per heavy atom. The summed E-state index contributed by atoms with van der Waals surface area (Å²) >= 11 is 0. The highest BCUT2D eigenvalue weighted by molar-refractivity contribution is 5.74. The van der Waals surface area contributed by atoms with Crippen LogP contribution in [0.1, 0.15) is 11.7 Å². The predicted molar refractivity (Wildman–Crippen MR) is 83.9 cm³/mol. The average molecular weight is 306 g/mol. The molecule has 0 unspecified atom stereocenters. The van der Waals surface area contributed by atoms with E-state index >= 15 is 0 Å². The molecule has 0 amide bonds. The maximum absolute atomic E-state index is 5.61. The molecule has 114 valence electrons. The van der Waals surface area contributed by atoms with E-state index < -0.39 is 0 Å². The van der Waals surface area contributed by atoms with E-state index in [2.05, 4.69) is 15.1 Å². The van der Waals surface area contributed by atoms with Crippen molar-refractivity contribution in [3.63, 3.8) is 0 Å². The Morgan fingerprint density at radius 2 is 1.83 bits per heavy atom. The van der Waals surface area contributed by atoms with Crippen LogP contribution in [0.2, 0.25) is 0 Å². The van der Waals surface area contributed by atoms with Gasteiger partial charge >= 0.3 is 0 Å². The second kappa shape index (κ2) is 5.92. The number of nitrogens with zero attached hydrogens (tertiary/aromatic N) is 4.